The van der Waals surface area contributed by atoms with Crippen LogP contribution in [0.2, 0.25) is 0 Å². The number of anilines is 2. The van der Waals surface area contributed by atoms with Crippen LogP contribution in [-0.2, 0) is 0 Å². The van der Waals surface area contributed by atoms with Crippen LogP contribution in [0.25, 0.3) is 0 Å². The average molecular weight is 215 g/mol. The minimum Gasteiger partial charge on any atom is -0.398 e. The minimum atomic E-state index is 0.550. The number of hydrogen-bond donors (Lipinski definition) is 2. The Bertz CT molecular complexity index is 420. The number of nitriles is 1. The van der Waals surface area contributed by atoms with Crippen molar-refractivity contribution in [2.24, 2.45) is 5.92 Å². The Labute approximate surface area is 96.3 Å². The van der Waals surface area contributed by atoms with Crippen LogP contribution in [0, 0.1) is 17.2 Å². The summed E-state index contributed by atoms with van der Waals surface area (Å²) in [6.07, 6.45) is 3.78. The molecule has 1 aromatic carbocycles. The molecule has 0 heterocycles. The normalized spacial score (nSPS) is 22.5. The van der Waals surface area contributed by atoms with Crippen LogP contribution in [0.1, 0.15) is 31.7 Å². The van der Waals surface area contributed by atoms with Gasteiger partial charge in [0.1, 0.15) is 6.07 Å². The highest BCUT2D eigenvalue weighted by atomic mass is 15.0. The molecule has 3 N–H and O–H groups in total. The molecule has 2 atom stereocenters. The lowest BCUT2D eigenvalue weighted by atomic mass is 10.1. The van der Waals surface area contributed by atoms with Gasteiger partial charge in [0.2, 0.25) is 0 Å². The molecule has 0 aliphatic heterocycles. The van der Waals surface area contributed by atoms with Gasteiger partial charge in [0.15, 0.2) is 0 Å². The van der Waals surface area contributed by atoms with Crippen LogP contribution in [0.15, 0.2) is 18.2 Å². The van der Waals surface area contributed by atoms with Crippen molar-refractivity contribution in [2.45, 2.75) is 32.2 Å². The highest BCUT2D eigenvalue weighted by molar-refractivity contribution is 5.62. The van der Waals surface area contributed by atoms with Gasteiger partial charge in [0, 0.05) is 17.4 Å². The summed E-state index contributed by atoms with van der Waals surface area (Å²) in [5.41, 5.74) is 7.78. The van der Waals surface area contributed by atoms with E-state index in [0.717, 1.165) is 11.6 Å². The van der Waals surface area contributed by atoms with Crippen molar-refractivity contribution in [3.05, 3.63) is 23.8 Å². The molecule has 2 unspecified atom stereocenters. The van der Waals surface area contributed by atoms with Crippen LogP contribution in [0.4, 0.5) is 11.4 Å². The van der Waals surface area contributed by atoms with Gasteiger partial charge in [-0.05, 0) is 37.0 Å². The van der Waals surface area contributed by atoms with Crippen molar-refractivity contribution in [3.8, 4) is 6.07 Å². The predicted molar refractivity (Wildman–Crippen MR) is 66.0 cm³/mol. The van der Waals surface area contributed by atoms with E-state index in [4.69, 9.17) is 11.0 Å². The van der Waals surface area contributed by atoms with Gasteiger partial charge < -0.3 is 11.1 Å². The smallest absolute Gasteiger partial charge is 0.101 e. The Kier molecular flexibility index (Phi) is 3.00. The number of nitrogens with zero attached hydrogens (tertiary/aromatic N) is 1. The molecule has 2 rings (SSSR count). The summed E-state index contributed by atoms with van der Waals surface area (Å²) in [5, 5.41) is 12.3. The number of benzene rings is 1. The van der Waals surface area contributed by atoms with E-state index >= 15 is 0 Å². The fraction of sp³-hybridized carbons (Fsp3) is 0.462. The molecule has 1 aliphatic carbocycles. The summed E-state index contributed by atoms with van der Waals surface area (Å²) in [6.45, 7) is 2.21. The number of nitrogens with two attached hydrogens (primary N) is 1. The lowest BCUT2D eigenvalue weighted by Gasteiger charge is -2.07. The van der Waals surface area contributed by atoms with Gasteiger partial charge in [-0.2, -0.15) is 5.26 Å². The molecule has 1 aromatic rings. The first-order valence-electron chi connectivity index (χ1n) is 5.80. The SMILES string of the molecule is CCCC1CC1Nc1ccc(N)c(C#N)c1. The monoisotopic (exact) mass is 215 g/mol. The molecule has 1 fully saturated rings. The van der Waals surface area contributed by atoms with E-state index in [1.807, 2.05) is 12.1 Å². The molecule has 0 radical (unpaired) electrons. The number of nitrogen functional groups attached to an aromatic ring is 1. The van der Waals surface area contributed by atoms with E-state index in [2.05, 4.69) is 18.3 Å². The fourth-order valence-corrected chi connectivity index (χ4v) is 2.07. The van der Waals surface area contributed by atoms with Crippen LogP contribution in [-0.4, -0.2) is 6.04 Å². The third-order valence-electron chi connectivity index (χ3n) is 3.11. The van der Waals surface area contributed by atoms with Gasteiger partial charge in [-0.25, -0.2) is 0 Å². The number of rotatable bonds is 4. The Morgan fingerprint density at radius 1 is 1.56 bits per heavy atom. The summed E-state index contributed by atoms with van der Waals surface area (Å²) in [4.78, 5) is 0. The van der Waals surface area contributed by atoms with E-state index in [0.29, 0.717) is 17.3 Å². The molecule has 0 spiro atoms. The quantitative estimate of drug-likeness (QED) is 0.759. The first kappa shape index (κ1) is 10.8. The van der Waals surface area contributed by atoms with E-state index in [9.17, 15) is 0 Å². The van der Waals surface area contributed by atoms with Gasteiger partial charge in [0.05, 0.1) is 5.56 Å². The minimum absolute atomic E-state index is 0.550. The zero-order chi connectivity index (χ0) is 11.5. The van der Waals surface area contributed by atoms with Crippen molar-refractivity contribution in [1.29, 1.82) is 5.26 Å². The molecular formula is C13H17N3. The van der Waals surface area contributed by atoms with Crippen LogP contribution >= 0.6 is 0 Å². The lowest BCUT2D eigenvalue weighted by Crippen LogP contribution is -2.05. The standard InChI is InChI=1S/C13H17N3/c1-2-3-9-7-13(9)16-11-4-5-12(15)10(6-11)8-14/h4-6,9,13,16H,2-3,7,15H2,1H3. The Balaban J connectivity index is 1.99. The van der Waals surface area contributed by atoms with E-state index in [1.54, 1.807) is 6.07 Å². The van der Waals surface area contributed by atoms with E-state index in [1.165, 1.54) is 19.3 Å². The maximum Gasteiger partial charge on any atom is 0.101 e. The summed E-state index contributed by atoms with van der Waals surface area (Å²) in [5.74, 6) is 0.813. The first-order valence-corrected chi connectivity index (χ1v) is 5.80. The lowest BCUT2D eigenvalue weighted by molar-refractivity contribution is 0.693. The molecule has 3 heteroatoms. The van der Waals surface area contributed by atoms with Gasteiger partial charge >= 0.3 is 0 Å². The molecule has 0 aromatic heterocycles. The zero-order valence-electron chi connectivity index (χ0n) is 9.53. The van der Waals surface area contributed by atoms with Crippen molar-refractivity contribution >= 4 is 11.4 Å². The Hall–Kier alpha value is -1.69. The third-order valence-corrected chi connectivity index (χ3v) is 3.11. The molecule has 3 nitrogen and oxygen atoms in total. The number of hydrogen-bond acceptors (Lipinski definition) is 3. The predicted octanol–water partition coefficient (Wildman–Crippen LogP) is 2.74. The summed E-state index contributed by atoms with van der Waals surface area (Å²) >= 11 is 0. The van der Waals surface area contributed by atoms with Gasteiger partial charge in [-0.1, -0.05) is 13.3 Å². The van der Waals surface area contributed by atoms with Gasteiger partial charge in [0.25, 0.3) is 0 Å². The summed E-state index contributed by atoms with van der Waals surface area (Å²) in [6, 6.07) is 8.26. The topological polar surface area (TPSA) is 61.8 Å². The second-order valence-electron chi connectivity index (χ2n) is 4.45. The highest BCUT2D eigenvalue weighted by Crippen LogP contribution is 2.37. The number of nitrogens with one attached hydrogen (secondary N) is 1. The van der Waals surface area contributed by atoms with Crippen molar-refractivity contribution in [1.82, 2.24) is 0 Å². The van der Waals surface area contributed by atoms with Gasteiger partial charge in [-0.15, -0.1) is 0 Å². The molecule has 1 aliphatic rings. The Morgan fingerprint density at radius 3 is 3.06 bits per heavy atom. The molecule has 0 bridgehead atoms. The zero-order valence-corrected chi connectivity index (χ0v) is 9.53. The maximum atomic E-state index is 8.87. The highest BCUT2D eigenvalue weighted by Gasteiger charge is 2.35. The fourth-order valence-electron chi connectivity index (χ4n) is 2.07. The molecule has 1 saturated carbocycles. The largest absolute Gasteiger partial charge is 0.398 e. The van der Waals surface area contributed by atoms with Crippen LogP contribution in [0.3, 0.4) is 0 Å². The van der Waals surface area contributed by atoms with Crippen molar-refractivity contribution in [2.75, 3.05) is 11.1 Å². The summed E-state index contributed by atoms with van der Waals surface area (Å²) in [7, 11) is 0. The van der Waals surface area contributed by atoms with Crippen LogP contribution in [0.5, 0.6) is 0 Å². The van der Waals surface area contributed by atoms with Crippen molar-refractivity contribution < 1.29 is 0 Å². The summed E-state index contributed by atoms with van der Waals surface area (Å²) < 4.78 is 0. The average Bonchev–Trinajstić information content (AvgIpc) is 3.00. The van der Waals surface area contributed by atoms with E-state index in [-0.39, 0.29) is 0 Å². The Morgan fingerprint density at radius 2 is 2.38 bits per heavy atom. The first-order chi connectivity index (χ1) is 7.74. The molecule has 16 heavy (non-hydrogen) atoms. The molecular weight excluding hydrogens is 198 g/mol. The van der Waals surface area contributed by atoms with E-state index < -0.39 is 0 Å². The van der Waals surface area contributed by atoms with Crippen LogP contribution < -0.4 is 11.1 Å². The molecule has 0 amide bonds. The third kappa shape index (κ3) is 2.27. The molecule has 0 saturated heterocycles. The van der Waals surface area contributed by atoms with Gasteiger partial charge in [-0.3, -0.25) is 0 Å². The second-order valence-corrected chi connectivity index (χ2v) is 4.45. The van der Waals surface area contributed by atoms with Crippen molar-refractivity contribution in [3.63, 3.8) is 0 Å². The second kappa shape index (κ2) is 4.44. The maximum absolute atomic E-state index is 8.87. The molecule has 84 valence electrons.